The maximum atomic E-state index is 12.8. The van der Waals surface area contributed by atoms with Crippen LogP contribution < -0.4 is 4.74 Å². The fourth-order valence-electron chi connectivity index (χ4n) is 5.79. The van der Waals surface area contributed by atoms with Crippen LogP contribution >= 0.6 is 0 Å². The SMILES string of the molecule is C=C(C)C(=O)OCCCc1cc(-c2ccc3cc(CCCCC)ccc3c2)ccc1OCC(COC(=O)C(=C)C)(COC(=O)C(=O)OCCOC)COC(=O)C(=O)OCCOC. The first-order valence-electron chi connectivity index (χ1n) is 20.3. The Morgan fingerprint density at radius 2 is 1.02 bits per heavy atom. The normalized spacial score (nSPS) is 11.0. The quantitative estimate of drug-likeness (QED) is 0.0290. The molecule has 62 heavy (non-hydrogen) atoms. The minimum atomic E-state index is -1.73. The molecule has 3 aromatic rings. The molecule has 0 aromatic heterocycles. The van der Waals surface area contributed by atoms with Gasteiger partial charge in [0.05, 0.1) is 19.8 Å². The topological polar surface area (TPSA) is 185 Å². The van der Waals surface area contributed by atoms with Crippen molar-refractivity contribution in [1.82, 2.24) is 0 Å². The van der Waals surface area contributed by atoms with E-state index in [4.69, 9.17) is 42.6 Å². The van der Waals surface area contributed by atoms with E-state index in [-0.39, 0.29) is 44.2 Å². The van der Waals surface area contributed by atoms with Crippen molar-refractivity contribution in [2.45, 2.75) is 59.3 Å². The first kappa shape index (κ1) is 50.3. The zero-order valence-electron chi connectivity index (χ0n) is 36.3. The van der Waals surface area contributed by atoms with Gasteiger partial charge in [-0.3, -0.25) is 0 Å². The fourth-order valence-corrected chi connectivity index (χ4v) is 5.79. The predicted molar refractivity (Wildman–Crippen MR) is 228 cm³/mol. The average Bonchev–Trinajstić information content (AvgIpc) is 3.26. The van der Waals surface area contributed by atoms with Gasteiger partial charge in [-0.15, -0.1) is 0 Å². The third-order valence-electron chi connectivity index (χ3n) is 9.32. The Morgan fingerprint density at radius 3 is 1.60 bits per heavy atom. The molecule has 0 atom stereocenters. The minimum absolute atomic E-state index is 0.0163. The molecule has 0 saturated heterocycles. The molecule has 0 aliphatic carbocycles. The maximum absolute atomic E-state index is 12.8. The summed E-state index contributed by atoms with van der Waals surface area (Å²) in [6.45, 7) is 9.52. The molecule has 0 saturated carbocycles. The molecule has 0 aliphatic heterocycles. The number of fused-ring (bicyclic) bond motifs is 1. The largest absolute Gasteiger partial charge is 0.492 e. The van der Waals surface area contributed by atoms with Crippen molar-refractivity contribution in [2.24, 2.45) is 5.41 Å². The Balaban J connectivity index is 2.01. The standard InChI is InChI=1S/C47H58O15/c1-8-9-10-12-34-14-15-36-26-37(17-16-35(36)25-34)38-18-19-40(39(27-38)13-11-20-56-41(48)32(2)3)59-28-47(29-60-42(49)33(4)5,30-61-45(52)43(50)57-23-21-54-6)31-62-46(53)44(51)58-24-22-55-7/h14-19,25-27H,2,4,8-13,20-24,28-31H2,1,3,5-7H3. The van der Waals surface area contributed by atoms with Gasteiger partial charge in [0, 0.05) is 25.4 Å². The molecule has 0 spiro atoms. The number of hydrogen-bond acceptors (Lipinski definition) is 15. The smallest absolute Gasteiger partial charge is 0.417 e. The van der Waals surface area contributed by atoms with E-state index in [1.807, 2.05) is 18.2 Å². The van der Waals surface area contributed by atoms with Crippen LogP contribution in [0, 0.1) is 5.41 Å². The molecule has 0 bridgehead atoms. The number of ether oxygens (including phenoxy) is 9. The highest BCUT2D eigenvalue weighted by Crippen LogP contribution is 2.32. The number of unbranched alkanes of at least 4 members (excludes halogenated alkanes) is 2. The van der Waals surface area contributed by atoms with E-state index in [2.05, 4.69) is 50.4 Å². The van der Waals surface area contributed by atoms with E-state index in [0.29, 0.717) is 24.2 Å². The minimum Gasteiger partial charge on any atom is -0.492 e. The fraction of sp³-hybridized carbons (Fsp3) is 0.447. The second kappa shape index (κ2) is 26.3. The summed E-state index contributed by atoms with van der Waals surface area (Å²) in [5.41, 5.74) is 2.34. The van der Waals surface area contributed by atoms with Gasteiger partial charge in [-0.25, -0.2) is 28.8 Å². The van der Waals surface area contributed by atoms with Crippen LogP contribution in [0.25, 0.3) is 21.9 Å². The van der Waals surface area contributed by atoms with Crippen molar-refractivity contribution in [3.05, 3.63) is 90.0 Å². The van der Waals surface area contributed by atoms with Crippen molar-refractivity contribution < 1.29 is 71.4 Å². The van der Waals surface area contributed by atoms with Crippen molar-refractivity contribution in [1.29, 1.82) is 0 Å². The van der Waals surface area contributed by atoms with Crippen LogP contribution in [0.4, 0.5) is 0 Å². The van der Waals surface area contributed by atoms with Gasteiger partial charge in [-0.05, 0) is 90.8 Å². The summed E-state index contributed by atoms with van der Waals surface area (Å²) in [5.74, 6) is -6.49. The molecular formula is C47H58O15. The maximum Gasteiger partial charge on any atom is 0.417 e. The zero-order valence-corrected chi connectivity index (χ0v) is 36.3. The van der Waals surface area contributed by atoms with Crippen LogP contribution in [0.2, 0.25) is 0 Å². The van der Waals surface area contributed by atoms with Crippen LogP contribution in [0.3, 0.4) is 0 Å². The number of methoxy groups -OCH3 is 2. The summed E-state index contributed by atoms with van der Waals surface area (Å²) >= 11 is 0. The number of aryl methyl sites for hydroxylation is 2. The highest BCUT2D eigenvalue weighted by Gasteiger charge is 2.39. The Labute approximate surface area is 362 Å². The van der Waals surface area contributed by atoms with Gasteiger partial charge in [0.2, 0.25) is 0 Å². The molecular weight excluding hydrogens is 805 g/mol. The lowest BCUT2D eigenvalue weighted by Crippen LogP contribution is -2.45. The van der Waals surface area contributed by atoms with Gasteiger partial charge in [0.25, 0.3) is 0 Å². The van der Waals surface area contributed by atoms with Crippen LogP contribution in [-0.2, 0) is 79.5 Å². The Hall–Kier alpha value is -6.06. The molecule has 0 heterocycles. The summed E-state index contributed by atoms with van der Waals surface area (Å²) in [6.07, 6.45) is 5.24. The lowest BCUT2D eigenvalue weighted by molar-refractivity contribution is -0.179. The van der Waals surface area contributed by atoms with E-state index in [9.17, 15) is 28.8 Å². The lowest BCUT2D eigenvalue weighted by Gasteiger charge is -2.32. The molecule has 0 unspecified atom stereocenters. The highest BCUT2D eigenvalue weighted by molar-refractivity contribution is 6.30. The van der Waals surface area contributed by atoms with Crippen molar-refractivity contribution in [3.8, 4) is 16.9 Å². The highest BCUT2D eigenvalue weighted by atomic mass is 16.6. The first-order valence-corrected chi connectivity index (χ1v) is 20.3. The van der Waals surface area contributed by atoms with E-state index in [0.717, 1.165) is 41.2 Å². The van der Waals surface area contributed by atoms with E-state index >= 15 is 0 Å². The number of rotatable bonds is 26. The summed E-state index contributed by atoms with van der Waals surface area (Å²) in [7, 11) is 2.76. The number of esters is 6. The summed E-state index contributed by atoms with van der Waals surface area (Å²) in [5, 5.41) is 2.19. The molecule has 3 rings (SSSR count). The molecule has 3 aromatic carbocycles. The molecule has 15 heteroatoms. The van der Waals surface area contributed by atoms with Crippen LogP contribution in [0.5, 0.6) is 5.75 Å². The monoisotopic (exact) mass is 862 g/mol. The van der Waals surface area contributed by atoms with Gasteiger partial charge < -0.3 is 42.6 Å². The van der Waals surface area contributed by atoms with E-state index < -0.39 is 67.7 Å². The molecule has 0 aliphatic rings. The van der Waals surface area contributed by atoms with Crippen LogP contribution in [0.1, 0.15) is 57.6 Å². The van der Waals surface area contributed by atoms with E-state index in [1.54, 1.807) is 13.0 Å². The Kier molecular flexibility index (Phi) is 21.3. The molecule has 15 nitrogen and oxygen atoms in total. The first-order chi connectivity index (χ1) is 29.7. The molecule has 0 radical (unpaired) electrons. The molecule has 0 N–H and O–H groups in total. The van der Waals surface area contributed by atoms with E-state index in [1.165, 1.54) is 33.1 Å². The number of hydrogen-bond donors (Lipinski definition) is 0. The number of carbonyl (C=O) groups is 6. The second-order valence-corrected chi connectivity index (χ2v) is 14.8. The van der Waals surface area contributed by atoms with Gasteiger partial charge in [-0.2, -0.15) is 0 Å². The third kappa shape index (κ3) is 16.8. The number of carbonyl (C=O) groups excluding carboxylic acids is 6. The van der Waals surface area contributed by atoms with Crippen LogP contribution in [-0.4, -0.2) is 109 Å². The van der Waals surface area contributed by atoms with Crippen LogP contribution in [0.15, 0.2) is 78.9 Å². The molecule has 0 fully saturated rings. The van der Waals surface area contributed by atoms with Crippen molar-refractivity contribution in [3.63, 3.8) is 0 Å². The predicted octanol–water partition coefficient (Wildman–Crippen LogP) is 6.24. The average molecular weight is 863 g/mol. The number of benzene rings is 3. The van der Waals surface area contributed by atoms with Gasteiger partial charge in [0.15, 0.2) is 0 Å². The summed E-state index contributed by atoms with van der Waals surface area (Å²) < 4.78 is 47.3. The summed E-state index contributed by atoms with van der Waals surface area (Å²) in [4.78, 5) is 75.2. The summed E-state index contributed by atoms with van der Waals surface area (Å²) in [6, 6.07) is 18.2. The Bertz CT molecular complexity index is 2000. The van der Waals surface area contributed by atoms with Crippen molar-refractivity contribution >= 4 is 46.6 Å². The molecule has 336 valence electrons. The Morgan fingerprint density at radius 1 is 0.516 bits per heavy atom. The van der Waals surface area contributed by atoms with Gasteiger partial charge >= 0.3 is 35.8 Å². The lowest BCUT2D eigenvalue weighted by atomic mass is 9.91. The van der Waals surface area contributed by atoms with Gasteiger partial charge in [-0.1, -0.05) is 69.3 Å². The van der Waals surface area contributed by atoms with Crippen molar-refractivity contribution in [2.75, 3.05) is 73.7 Å². The molecule has 0 amide bonds. The second-order valence-electron chi connectivity index (χ2n) is 14.8. The van der Waals surface area contributed by atoms with Gasteiger partial charge in [0.1, 0.15) is 50.8 Å². The third-order valence-corrected chi connectivity index (χ3v) is 9.32. The zero-order chi connectivity index (χ0) is 45.5.